The number of pyridine rings is 1. The molecule has 1 heterocycles. The third kappa shape index (κ3) is 5.75. The zero-order chi connectivity index (χ0) is 21.8. The minimum Gasteiger partial charge on any atom is -0.394 e. The van der Waals surface area contributed by atoms with Crippen molar-refractivity contribution in [2.75, 3.05) is 5.73 Å². The standard InChI is InChI=1S/C20H20F5N3O/c1-3-4-16-12(5-7-17(28-16)20(23,24)25)6-8-18(29)27-11(2)13-9-14(21)19(26)15(22)10-13/h5-11H,3-4,26H2,1-2H3,(H,27,29)/b8-6+/t11-/m1/s1. The lowest BCUT2D eigenvalue weighted by Gasteiger charge is -2.14. The Morgan fingerprint density at radius 2 is 1.86 bits per heavy atom. The van der Waals surface area contributed by atoms with Crippen LogP contribution in [0.4, 0.5) is 27.6 Å². The second-order valence-electron chi connectivity index (χ2n) is 6.44. The molecular weight excluding hydrogens is 393 g/mol. The average Bonchev–Trinajstić information content (AvgIpc) is 2.64. The molecule has 0 aliphatic carbocycles. The second kappa shape index (κ2) is 9.02. The predicted molar refractivity (Wildman–Crippen MR) is 99.6 cm³/mol. The summed E-state index contributed by atoms with van der Waals surface area (Å²) in [5, 5.41) is 2.53. The van der Waals surface area contributed by atoms with Crippen molar-refractivity contribution in [3.05, 3.63) is 64.5 Å². The van der Waals surface area contributed by atoms with Crippen LogP contribution in [0, 0.1) is 11.6 Å². The van der Waals surface area contributed by atoms with Crippen molar-refractivity contribution in [1.29, 1.82) is 0 Å². The molecule has 0 bridgehead atoms. The molecule has 0 spiro atoms. The number of aromatic nitrogens is 1. The summed E-state index contributed by atoms with van der Waals surface area (Å²) in [6.45, 7) is 3.33. The highest BCUT2D eigenvalue weighted by Crippen LogP contribution is 2.29. The van der Waals surface area contributed by atoms with Crippen molar-refractivity contribution in [1.82, 2.24) is 10.3 Å². The molecular formula is C20H20F5N3O. The Labute approximate surface area is 164 Å². The Bertz CT molecular complexity index is 902. The third-order valence-electron chi connectivity index (χ3n) is 4.16. The number of nitrogens with two attached hydrogens (primary N) is 1. The highest BCUT2D eigenvalue weighted by molar-refractivity contribution is 5.92. The van der Waals surface area contributed by atoms with Crippen molar-refractivity contribution in [2.45, 2.75) is 38.9 Å². The number of nitrogens with one attached hydrogen (secondary N) is 1. The largest absolute Gasteiger partial charge is 0.433 e. The van der Waals surface area contributed by atoms with Crippen LogP contribution < -0.4 is 11.1 Å². The quantitative estimate of drug-likeness (QED) is 0.406. The van der Waals surface area contributed by atoms with Crippen LogP contribution in [0.1, 0.15) is 48.8 Å². The highest BCUT2D eigenvalue weighted by atomic mass is 19.4. The Hall–Kier alpha value is -2.97. The van der Waals surface area contributed by atoms with E-state index in [0.29, 0.717) is 18.4 Å². The lowest BCUT2D eigenvalue weighted by atomic mass is 10.1. The number of alkyl halides is 3. The summed E-state index contributed by atoms with van der Waals surface area (Å²) in [5.41, 5.74) is 4.40. The van der Waals surface area contributed by atoms with Gasteiger partial charge in [-0.25, -0.2) is 13.8 Å². The van der Waals surface area contributed by atoms with Gasteiger partial charge in [-0.2, -0.15) is 13.2 Å². The number of carbonyl (C=O) groups excluding carboxylic acids is 1. The fourth-order valence-electron chi connectivity index (χ4n) is 2.62. The van der Waals surface area contributed by atoms with Gasteiger partial charge in [-0.1, -0.05) is 19.4 Å². The summed E-state index contributed by atoms with van der Waals surface area (Å²) >= 11 is 0. The molecule has 0 aliphatic heterocycles. The van der Waals surface area contributed by atoms with Crippen LogP contribution in [-0.2, 0) is 17.4 Å². The molecule has 0 saturated carbocycles. The Morgan fingerprint density at radius 3 is 2.41 bits per heavy atom. The summed E-state index contributed by atoms with van der Waals surface area (Å²) in [6.07, 6.45) is -1.19. The molecule has 0 fully saturated rings. The van der Waals surface area contributed by atoms with Gasteiger partial charge < -0.3 is 11.1 Å². The molecule has 1 atom stereocenters. The number of anilines is 1. The second-order valence-corrected chi connectivity index (χ2v) is 6.44. The van der Waals surface area contributed by atoms with Gasteiger partial charge in [-0.05, 0) is 48.7 Å². The van der Waals surface area contributed by atoms with E-state index in [2.05, 4.69) is 10.3 Å². The van der Waals surface area contributed by atoms with Gasteiger partial charge in [0.1, 0.15) is 23.0 Å². The molecule has 0 saturated heterocycles. The van der Waals surface area contributed by atoms with Gasteiger partial charge in [0.2, 0.25) is 5.91 Å². The summed E-state index contributed by atoms with van der Waals surface area (Å²) in [7, 11) is 0. The molecule has 2 rings (SSSR count). The minimum atomic E-state index is -4.55. The molecule has 29 heavy (non-hydrogen) atoms. The molecule has 156 valence electrons. The molecule has 1 aromatic carbocycles. The molecule has 0 radical (unpaired) electrons. The van der Waals surface area contributed by atoms with Gasteiger partial charge in [-0.3, -0.25) is 4.79 Å². The molecule has 0 aliphatic rings. The SMILES string of the molecule is CCCc1nc(C(F)(F)F)ccc1/C=C/C(=O)N[C@H](C)c1cc(F)c(N)c(F)c1. The van der Waals surface area contributed by atoms with E-state index in [9.17, 15) is 26.7 Å². The smallest absolute Gasteiger partial charge is 0.394 e. The summed E-state index contributed by atoms with van der Waals surface area (Å²) < 4.78 is 65.6. The summed E-state index contributed by atoms with van der Waals surface area (Å²) in [5.74, 6) is -2.45. The number of benzene rings is 1. The summed E-state index contributed by atoms with van der Waals surface area (Å²) in [6, 6.07) is 3.41. The minimum absolute atomic E-state index is 0.179. The number of nitrogen functional groups attached to an aromatic ring is 1. The van der Waals surface area contributed by atoms with E-state index in [4.69, 9.17) is 5.73 Å². The zero-order valence-electron chi connectivity index (χ0n) is 15.8. The first-order chi connectivity index (χ1) is 13.5. The van der Waals surface area contributed by atoms with Crippen molar-refractivity contribution < 1.29 is 26.7 Å². The first-order valence-electron chi connectivity index (χ1n) is 8.83. The lowest BCUT2D eigenvalue weighted by Crippen LogP contribution is -2.25. The molecule has 1 amide bonds. The monoisotopic (exact) mass is 413 g/mol. The van der Waals surface area contributed by atoms with Crippen LogP contribution in [0.25, 0.3) is 6.08 Å². The van der Waals surface area contributed by atoms with E-state index in [0.717, 1.165) is 24.3 Å². The number of carbonyl (C=O) groups is 1. The number of aryl methyl sites for hydroxylation is 1. The van der Waals surface area contributed by atoms with E-state index in [1.807, 2.05) is 0 Å². The number of nitrogens with zero attached hydrogens (tertiary/aromatic N) is 1. The lowest BCUT2D eigenvalue weighted by molar-refractivity contribution is -0.141. The van der Waals surface area contributed by atoms with Crippen LogP contribution in [0.2, 0.25) is 0 Å². The van der Waals surface area contributed by atoms with E-state index in [-0.39, 0.29) is 11.3 Å². The Kier molecular flexibility index (Phi) is 6.94. The number of rotatable bonds is 6. The fourth-order valence-corrected chi connectivity index (χ4v) is 2.62. The maximum atomic E-state index is 13.6. The Morgan fingerprint density at radius 1 is 1.24 bits per heavy atom. The van der Waals surface area contributed by atoms with Gasteiger partial charge in [0.05, 0.1) is 6.04 Å². The normalized spacial score (nSPS) is 12.9. The van der Waals surface area contributed by atoms with Gasteiger partial charge in [-0.15, -0.1) is 0 Å². The third-order valence-corrected chi connectivity index (χ3v) is 4.16. The van der Waals surface area contributed by atoms with Crippen molar-refractivity contribution in [2.24, 2.45) is 0 Å². The molecule has 9 heteroatoms. The number of hydrogen-bond acceptors (Lipinski definition) is 3. The van der Waals surface area contributed by atoms with E-state index in [1.54, 1.807) is 6.92 Å². The van der Waals surface area contributed by atoms with Crippen LogP contribution in [-0.4, -0.2) is 10.9 Å². The number of hydrogen-bond donors (Lipinski definition) is 2. The molecule has 4 nitrogen and oxygen atoms in total. The van der Waals surface area contributed by atoms with Crippen LogP contribution in [0.5, 0.6) is 0 Å². The van der Waals surface area contributed by atoms with Crippen LogP contribution >= 0.6 is 0 Å². The topological polar surface area (TPSA) is 68.0 Å². The molecule has 2 aromatic rings. The molecule has 3 N–H and O–H groups in total. The van der Waals surface area contributed by atoms with Crippen molar-refractivity contribution in [3.63, 3.8) is 0 Å². The molecule has 0 unspecified atom stereocenters. The van der Waals surface area contributed by atoms with Gasteiger partial charge in [0, 0.05) is 11.8 Å². The van der Waals surface area contributed by atoms with Crippen LogP contribution in [0.15, 0.2) is 30.3 Å². The molecule has 1 aromatic heterocycles. The van der Waals surface area contributed by atoms with Crippen molar-refractivity contribution >= 4 is 17.7 Å². The predicted octanol–water partition coefficient (Wildman–Crippen LogP) is 4.80. The maximum Gasteiger partial charge on any atom is 0.433 e. The highest BCUT2D eigenvalue weighted by Gasteiger charge is 2.32. The average molecular weight is 413 g/mol. The van der Waals surface area contributed by atoms with E-state index < -0.39 is 41.1 Å². The van der Waals surface area contributed by atoms with Crippen LogP contribution in [0.3, 0.4) is 0 Å². The van der Waals surface area contributed by atoms with Gasteiger partial charge >= 0.3 is 6.18 Å². The van der Waals surface area contributed by atoms with E-state index >= 15 is 0 Å². The van der Waals surface area contributed by atoms with E-state index in [1.165, 1.54) is 19.1 Å². The van der Waals surface area contributed by atoms with Gasteiger partial charge in [0.25, 0.3) is 0 Å². The zero-order valence-corrected chi connectivity index (χ0v) is 15.8. The van der Waals surface area contributed by atoms with Gasteiger partial charge in [0.15, 0.2) is 0 Å². The maximum absolute atomic E-state index is 13.6. The number of halogens is 5. The van der Waals surface area contributed by atoms with Crippen molar-refractivity contribution in [3.8, 4) is 0 Å². The number of amides is 1. The first kappa shape index (κ1) is 22.3. The Balaban J connectivity index is 2.16. The fraction of sp³-hybridized carbons (Fsp3) is 0.300. The first-order valence-corrected chi connectivity index (χ1v) is 8.83. The summed E-state index contributed by atoms with van der Waals surface area (Å²) in [4.78, 5) is 15.8.